The predicted octanol–water partition coefficient (Wildman–Crippen LogP) is 9.02. The molecule has 9 atom stereocenters. The molecule has 2 bridgehead atoms. The Morgan fingerprint density at radius 1 is 0.817 bits per heavy atom. The number of hydrogen-bond acceptors (Lipinski definition) is 10. The lowest BCUT2D eigenvalue weighted by molar-refractivity contribution is -0.215. The van der Waals surface area contributed by atoms with E-state index in [-0.39, 0.29) is 50.8 Å². The van der Waals surface area contributed by atoms with Crippen molar-refractivity contribution in [2.45, 2.75) is 122 Å². The summed E-state index contributed by atoms with van der Waals surface area (Å²) < 4.78 is 51.4. The van der Waals surface area contributed by atoms with Gasteiger partial charge in [0.15, 0.2) is 5.78 Å². The lowest BCUT2D eigenvalue weighted by Crippen LogP contribution is -2.53. The highest BCUT2D eigenvalue weighted by Crippen LogP contribution is 2.56. The van der Waals surface area contributed by atoms with Crippen molar-refractivity contribution in [1.29, 1.82) is 0 Å². The fourth-order valence-corrected chi connectivity index (χ4v) is 9.69. The van der Waals surface area contributed by atoms with Gasteiger partial charge in [0.1, 0.15) is 37.1 Å². The van der Waals surface area contributed by atoms with E-state index in [0.717, 1.165) is 28.5 Å². The SMILES string of the molecule is C=C[C@H](OCc1ccccc1)[C@H](OCc1ccc(OC)cc1)[C@H](OCc1ccccc1)[C@H]1CC(=O)[C@@]2(O)CC[C@@H]([C@@H](OCOC)[C@@H](OCOCC[Si](C)(C)C)[C@@H]1C)C2(C)C. The Balaban J connectivity index is 1.62. The van der Waals surface area contributed by atoms with Gasteiger partial charge in [-0.2, -0.15) is 0 Å². The van der Waals surface area contributed by atoms with Crippen LogP contribution in [-0.2, 0) is 57.8 Å². The highest BCUT2D eigenvalue weighted by atomic mass is 28.3. The molecule has 1 N–H and O–H groups in total. The number of carbonyl (C=O) groups excluding carboxylic acids is 1. The van der Waals surface area contributed by atoms with Gasteiger partial charge in [-0.15, -0.1) is 6.58 Å². The summed E-state index contributed by atoms with van der Waals surface area (Å²) in [7, 11) is 1.88. The van der Waals surface area contributed by atoms with Crippen LogP contribution in [0.1, 0.15) is 56.7 Å². The molecule has 0 radical (unpaired) electrons. The summed E-state index contributed by atoms with van der Waals surface area (Å²) in [5, 5.41) is 12.6. The zero-order valence-electron chi connectivity index (χ0n) is 37.2. The zero-order chi connectivity index (χ0) is 43.3. The van der Waals surface area contributed by atoms with Crippen LogP contribution in [0, 0.1) is 23.2 Å². The van der Waals surface area contributed by atoms with Gasteiger partial charge in [-0.05, 0) is 65.5 Å². The van der Waals surface area contributed by atoms with Crippen LogP contribution in [0.25, 0.3) is 0 Å². The minimum Gasteiger partial charge on any atom is -0.497 e. The van der Waals surface area contributed by atoms with E-state index in [9.17, 15) is 9.90 Å². The summed E-state index contributed by atoms with van der Waals surface area (Å²) >= 11 is 0. The Hall–Kier alpha value is -3.23. The van der Waals surface area contributed by atoms with Crippen molar-refractivity contribution in [2.75, 3.05) is 34.4 Å². The summed E-state index contributed by atoms with van der Waals surface area (Å²) in [6.07, 6.45) is -0.652. The van der Waals surface area contributed by atoms with Gasteiger partial charge in [0.05, 0.1) is 45.2 Å². The Bertz CT molecular complexity index is 1730. The smallest absolute Gasteiger partial charge is 0.165 e. The van der Waals surface area contributed by atoms with Crippen LogP contribution in [0.4, 0.5) is 0 Å². The fourth-order valence-electron chi connectivity index (χ4n) is 8.94. The molecule has 2 saturated carbocycles. The van der Waals surface area contributed by atoms with E-state index in [4.69, 9.17) is 37.9 Å². The number of carbonyl (C=O) groups is 1. The molecule has 0 heterocycles. The molecule has 5 rings (SSSR count). The number of rotatable bonds is 23. The van der Waals surface area contributed by atoms with Gasteiger partial charge >= 0.3 is 0 Å². The molecule has 0 saturated heterocycles. The minimum atomic E-state index is -1.61. The first-order valence-electron chi connectivity index (χ1n) is 21.5. The van der Waals surface area contributed by atoms with Gasteiger partial charge in [-0.1, -0.05) is 119 Å². The molecule has 2 aliphatic carbocycles. The number of hydrogen-bond donors (Lipinski definition) is 1. The van der Waals surface area contributed by atoms with Crippen molar-refractivity contribution in [3.63, 3.8) is 0 Å². The first kappa shape index (κ1) is 47.8. The maximum Gasteiger partial charge on any atom is 0.165 e. The van der Waals surface area contributed by atoms with Crippen LogP contribution in [0.2, 0.25) is 25.7 Å². The molecule has 3 aromatic rings. The molecule has 0 aromatic heterocycles. The average Bonchev–Trinajstić information content (AvgIpc) is 3.49. The third-order valence-corrected chi connectivity index (χ3v) is 14.5. The van der Waals surface area contributed by atoms with Crippen molar-refractivity contribution in [2.24, 2.45) is 23.2 Å². The zero-order valence-corrected chi connectivity index (χ0v) is 38.2. The summed E-state index contributed by atoms with van der Waals surface area (Å²) in [6.45, 7) is 18.7. The highest BCUT2D eigenvalue weighted by Gasteiger charge is 2.63. The van der Waals surface area contributed by atoms with E-state index in [1.165, 1.54) is 0 Å². The minimum absolute atomic E-state index is 0.00551. The van der Waals surface area contributed by atoms with Crippen LogP contribution >= 0.6 is 0 Å². The molecule has 2 aliphatic rings. The van der Waals surface area contributed by atoms with Crippen LogP contribution in [0.3, 0.4) is 0 Å². The number of benzene rings is 3. The number of fused-ring (bicyclic) bond motifs is 2. The number of ketones is 1. The molecule has 11 heteroatoms. The van der Waals surface area contributed by atoms with Crippen molar-refractivity contribution in [3.05, 3.63) is 114 Å². The predicted molar refractivity (Wildman–Crippen MR) is 236 cm³/mol. The first-order chi connectivity index (χ1) is 28.7. The molecule has 0 spiro atoms. The Labute approximate surface area is 359 Å². The maximum absolute atomic E-state index is 14.9. The summed E-state index contributed by atoms with van der Waals surface area (Å²) in [6, 6.07) is 28.6. The van der Waals surface area contributed by atoms with Gasteiger partial charge in [-0.3, -0.25) is 4.79 Å². The molecule has 0 amide bonds. The Morgan fingerprint density at radius 3 is 1.98 bits per heavy atom. The summed E-state index contributed by atoms with van der Waals surface area (Å²) in [4.78, 5) is 14.9. The molecule has 3 aromatic carbocycles. The van der Waals surface area contributed by atoms with Crippen molar-refractivity contribution >= 4 is 13.9 Å². The number of aliphatic hydroxyl groups is 1. The number of ether oxygens (including phenoxy) is 8. The Morgan fingerprint density at radius 2 is 1.40 bits per heavy atom. The second kappa shape index (κ2) is 22.2. The molecule has 0 aliphatic heterocycles. The summed E-state index contributed by atoms with van der Waals surface area (Å²) in [5.41, 5.74) is 0.419. The normalized spacial score (nSPS) is 25.8. The standard InChI is InChI=1S/C49H70O10Si/c1-10-42(55-30-36-17-13-11-14-18-36)47(57-32-38-21-23-39(53-6)24-22-38)45(56-31-37-19-15-12-16-20-37)40-29-43(50)49(51)26-25-41(48(49,3)4)46(58-33-52-5)44(35(40)2)59-34-54-27-28-60(7,8)9/h10-24,35,40-42,44-47,51H,1,25-34H2,2-9H3/t35-,40+,41+,42+,44+,45-,46-,47+,49+/m1/s1. The quantitative estimate of drug-likeness (QED) is 0.0430. The van der Waals surface area contributed by atoms with Crippen LogP contribution in [-0.4, -0.2) is 89.5 Å². The van der Waals surface area contributed by atoms with Gasteiger partial charge in [0.25, 0.3) is 0 Å². The van der Waals surface area contributed by atoms with Crippen molar-refractivity contribution in [1.82, 2.24) is 0 Å². The van der Waals surface area contributed by atoms with Crippen LogP contribution < -0.4 is 4.74 Å². The van der Waals surface area contributed by atoms with E-state index in [1.54, 1.807) is 20.3 Å². The second-order valence-electron chi connectivity index (χ2n) is 18.3. The first-order valence-corrected chi connectivity index (χ1v) is 25.2. The van der Waals surface area contributed by atoms with Gasteiger partial charge in [0, 0.05) is 33.6 Å². The molecule has 10 nitrogen and oxygen atoms in total. The van der Waals surface area contributed by atoms with Crippen LogP contribution in [0.15, 0.2) is 97.6 Å². The molecular weight excluding hydrogens is 777 g/mol. The topological polar surface area (TPSA) is 111 Å². The average molecular weight is 847 g/mol. The Kier molecular flexibility index (Phi) is 17.7. The largest absolute Gasteiger partial charge is 0.497 e. The molecular formula is C49H70O10Si. The van der Waals surface area contributed by atoms with Crippen molar-refractivity contribution < 1.29 is 47.8 Å². The second-order valence-corrected chi connectivity index (χ2v) is 23.9. The molecule has 2 fully saturated rings. The van der Waals surface area contributed by atoms with Crippen LogP contribution in [0.5, 0.6) is 5.75 Å². The lowest BCUT2D eigenvalue weighted by atomic mass is 9.68. The van der Waals surface area contributed by atoms with E-state index in [2.05, 4.69) is 33.1 Å². The number of methoxy groups -OCH3 is 2. The van der Waals surface area contributed by atoms with Gasteiger partial charge in [-0.25, -0.2) is 0 Å². The third kappa shape index (κ3) is 12.2. The monoisotopic (exact) mass is 846 g/mol. The third-order valence-electron chi connectivity index (χ3n) is 12.8. The highest BCUT2D eigenvalue weighted by molar-refractivity contribution is 6.76. The van der Waals surface area contributed by atoms with Gasteiger partial charge in [0.2, 0.25) is 0 Å². The number of Topliss-reactive ketones (excluding diaryl/α,β-unsaturated/α-hetero) is 1. The van der Waals surface area contributed by atoms with E-state index in [0.29, 0.717) is 26.1 Å². The van der Waals surface area contributed by atoms with E-state index < -0.39 is 55.5 Å². The fraction of sp³-hybridized carbons (Fsp3) is 0.571. The molecule has 0 unspecified atom stereocenters. The van der Waals surface area contributed by atoms with E-state index >= 15 is 0 Å². The lowest BCUT2D eigenvalue weighted by Gasteiger charge is -2.44. The summed E-state index contributed by atoms with van der Waals surface area (Å²) in [5.74, 6) is -0.640. The molecule has 330 valence electrons. The van der Waals surface area contributed by atoms with E-state index in [1.807, 2.05) is 98.8 Å². The molecule has 60 heavy (non-hydrogen) atoms. The van der Waals surface area contributed by atoms with Crippen molar-refractivity contribution in [3.8, 4) is 5.75 Å². The maximum atomic E-state index is 14.9. The van der Waals surface area contributed by atoms with Gasteiger partial charge < -0.3 is 43.0 Å².